The van der Waals surface area contributed by atoms with Crippen molar-refractivity contribution in [2.24, 2.45) is 5.73 Å². The van der Waals surface area contributed by atoms with Crippen molar-refractivity contribution in [3.05, 3.63) is 26.2 Å². The van der Waals surface area contributed by atoms with Crippen molar-refractivity contribution in [1.29, 1.82) is 0 Å². The van der Waals surface area contributed by atoms with Gasteiger partial charge < -0.3 is 5.73 Å². The molecule has 0 aliphatic carbocycles. The van der Waals surface area contributed by atoms with Gasteiger partial charge in [0.1, 0.15) is 5.82 Å². The molecule has 1 aromatic rings. The van der Waals surface area contributed by atoms with E-state index in [0.29, 0.717) is 0 Å². The SMILES string of the molecule is NC(=O)Cc1nc(Cl)c([N+](=O)[O-])c(Cl)n1. The normalized spacial score (nSPS) is 10.0. The fourth-order valence-electron chi connectivity index (χ4n) is 0.828. The topological polar surface area (TPSA) is 112 Å². The van der Waals surface area contributed by atoms with E-state index in [9.17, 15) is 14.9 Å². The number of rotatable bonds is 3. The van der Waals surface area contributed by atoms with Crippen LogP contribution in [-0.4, -0.2) is 20.8 Å². The van der Waals surface area contributed by atoms with Crippen LogP contribution < -0.4 is 5.73 Å². The summed E-state index contributed by atoms with van der Waals surface area (Å²) in [6.45, 7) is 0. The molecule has 0 aromatic carbocycles. The summed E-state index contributed by atoms with van der Waals surface area (Å²) in [5.41, 5.74) is 4.29. The average Bonchev–Trinajstić information content (AvgIpc) is 1.99. The molecule has 0 atom stereocenters. The number of carbonyl (C=O) groups is 1. The Morgan fingerprint density at radius 3 is 2.20 bits per heavy atom. The van der Waals surface area contributed by atoms with Gasteiger partial charge in [0.2, 0.25) is 16.2 Å². The van der Waals surface area contributed by atoms with Gasteiger partial charge >= 0.3 is 5.69 Å². The summed E-state index contributed by atoms with van der Waals surface area (Å²) in [5, 5.41) is 9.60. The molecule has 1 rings (SSSR count). The first-order valence-electron chi connectivity index (χ1n) is 3.56. The lowest BCUT2D eigenvalue weighted by molar-refractivity contribution is -0.385. The number of nitrogens with two attached hydrogens (primary N) is 1. The highest BCUT2D eigenvalue weighted by molar-refractivity contribution is 6.36. The highest BCUT2D eigenvalue weighted by Gasteiger charge is 2.22. The number of aromatic nitrogens is 2. The minimum absolute atomic E-state index is 0.0527. The van der Waals surface area contributed by atoms with Crippen molar-refractivity contribution >= 4 is 34.8 Å². The van der Waals surface area contributed by atoms with Crippen LogP contribution in [0.4, 0.5) is 5.69 Å². The van der Waals surface area contributed by atoms with Gasteiger partial charge in [0.05, 0.1) is 11.3 Å². The van der Waals surface area contributed by atoms with Gasteiger partial charge in [-0.3, -0.25) is 14.9 Å². The summed E-state index contributed by atoms with van der Waals surface area (Å²) in [4.78, 5) is 27.2. The van der Waals surface area contributed by atoms with Crippen molar-refractivity contribution in [3.63, 3.8) is 0 Å². The van der Waals surface area contributed by atoms with E-state index in [0.717, 1.165) is 0 Å². The minimum Gasteiger partial charge on any atom is -0.369 e. The van der Waals surface area contributed by atoms with Gasteiger partial charge in [0, 0.05) is 0 Å². The fraction of sp³-hybridized carbons (Fsp3) is 0.167. The highest BCUT2D eigenvalue weighted by Crippen LogP contribution is 2.28. The van der Waals surface area contributed by atoms with Crippen LogP contribution in [0.15, 0.2) is 0 Å². The Hall–Kier alpha value is -1.47. The predicted octanol–water partition coefficient (Wildman–Crippen LogP) is 0.719. The molecule has 0 fully saturated rings. The van der Waals surface area contributed by atoms with Crippen molar-refractivity contribution in [2.45, 2.75) is 6.42 Å². The van der Waals surface area contributed by atoms with Crippen LogP contribution >= 0.6 is 23.2 Å². The van der Waals surface area contributed by atoms with Crippen LogP contribution in [-0.2, 0) is 11.2 Å². The third-order valence-electron chi connectivity index (χ3n) is 1.36. The zero-order valence-electron chi connectivity index (χ0n) is 7.11. The molecule has 0 saturated heterocycles. The van der Waals surface area contributed by atoms with Crippen molar-refractivity contribution in [3.8, 4) is 0 Å². The van der Waals surface area contributed by atoms with Crippen LogP contribution in [0.3, 0.4) is 0 Å². The quantitative estimate of drug-likeness (QED) is 0.483. The van der Waals surface area contributed by atoms with Gasteiger partial charge in [0.15, 0.2) is 0 Å². The Kier molecular flexibility index (Phi) is 3.38. The van der Waals surface area contributed by atoms with E-state index >= 15 is 0 Å². The molecule has 0 aliphatic rings. The van der Waals surface area contributed by atoms with Gasteiger partial charge in [-0.15, -0.1) is 0 Å². The van der Waals surface area contributed by atoms with E-state index in [4.69, 9.17) is 28.9 Å². The Morgan fingerprint density at radius 2 is 1.87 bits per heavy atom. The standard InChI is InChI=1S/C6H4Cl2N4O3/c7-5-4(12(14)15)6(8)11-3(10-5)1-2(9)13/h1H2,(H2,9,13). The monoisotopic (exact) mass is 250 g/mol. The molecule has 0 unspecified atom stereocenters. The van der Waals surface area contributed by atoms with E-state index in [-0.39, 0.29) is 12.2 Å². The summed E-state index contributed by atoms with van der Waals surface area (Å²) < 4.78 is 0. The molecule has 0 radical (unpaired) electrons. The molecule has 1 amide bonds. The maximum absolute atomic E-state index is 10.5. The summed E-state index contributed by atoms with van der Waals surface area (Å²) in [6.07, 6.45) is -0.280. The summed E-state index contributed by atoms with van der Waals surface area (Å²) in [6, 6.07) is 0. The van der Waals surface area contributed by atoms with Crippen LogP contribution in [0.1, 0.15) is 5.82 Å². The lowest BCUT2D eigenvalue weighted by Gasteiger charge is -2.00. The maximum atomic E-state index is 10.5. The summed E-state index contributed by atoms with van der Waals surface area (Å²) in [7, 11) is 0. The molecule has 0 bridgehead atoms. The van der Waals surface area contributed by atoms with Crippen molar-refractivity contribution in [2.75, 3.05) is 0 Å². The molecule has 7 nitrogen and oxygen atoms in total. The molecular formula is C6H4Cl2N4O3. The number of amides is 1. The Morgan fingerprint density at radius 1 is 1.40 bits per heavy atom. The van der Waals surface area contributed by atoms with E-state index in [2.05, 4.69) is 9.97 Å². The fourth-order valence-corrected chi connectivity index (χ4v) is 1.39. The number of carbonyl (C=O) groups excluding carboxylic acids is 1. The molecule has 0 spiro atoms. The van der Waals surface area contributed by atoms with Crippen LogP contribution in [0.2, 0.25) is 10.3 Å². The number of nitro groups is 1. The van der Waals surface area contributed by atoms with Gasteiger partial charge in [-0.2, -0.15) is 0 Å². The molecule has 80 valence electrons. The second-order valence-corrected chi connectivity index (χ2v) is 3.19. The number of hydrogen-bond donors (Lipinski definition) is 1. The van der Waals surface area contributed by atoms with E-state index < -0.39 is 26.8 Å². The summed E-state index contributed by atoms with van der Waals surface area (Å²) in [5.74, 6) is -0.737. The lowest BCUT2D eigenvalue weighted by Crippen LogP contribution is -2.16. The summed E-state index contributed by atoms with van der Waals surface area (Å²) >= 11 is 11.0. The third kappa shape index (κ3) is 2.74. The molecule has 1 heterocycles. The molecule has 2 N–H and O–H groups in total. The zero-order valence-corrected chi connectivity index (χ0v) is 8.62. The van der Waals surface area contributed by atoms with Gasteiger partial charge in [0.25, 0.3) is 0 Å². The number of hydrogen-bond acceptors (Lipinski definition) is 5. The van der Waals surface area contributed by atoms with E-state index in [1.807, 2.05) is 0 Å². The Labute approximate surface area is 93.4 Å². The Bertz CT molecular complexity index is 413. The average molecular weight is 251 g/mol. The van der Waals surface area contributed by atoms with Gasteiger partial charge in [-0.1, -0.05) is 23.2 Å². The van der Waals surface area contributed by atoms with Gasteiger partial charge in [-0.05, 0) is 0 Å². The van der Waals surface area contributed by atoms with E-state index in [1.165, 1.54) is 0 Å². The van der Waals surface area contributed by atoms with Crippen molar-refractivity contribution in [1.82, 2.24) is 9.97 Å². The first-order chi connectivity index (χ1) is 6.91. The van der Waals surface area contributed by atoms with Crippen LogP contribution in [0.25, 0.3) is 0 Å². The smallest absolute Gasteiger partial charge is 0.343 e. The minimum atomic E-state index is -0.807. The second-order valence-electron chi connectivity index (χ2n) is 2.47. The number of halogens is 2. The molecular weight excluding hydrogens is 247 g/mol. The van der Waals surface area contributed by atoms with Crippen molar-refractivity contribution < 1.29 is 9.72 Å². The number of primary amides is 1. The van der Waals surface area contributed by atoms with Crippen LogP contribution in [0.5, 0.6) is 0 Å². The molecule has 0 aliphatic heterocycles. The maximum Gasteiger partial charge on any atom is 0.343 e. The molecule has 9 heteroatoms. The second kappa shape index (κ2) is 4.37. The van der Waals surface area contributed by atoms with Gasteiger partial charge in [-0.25, -0.2) is 9.97 Å². The Balaban J connectivity index is 3.19. The third-order valence-corrected chi connectivity index (χ3v) is 1.89. The molecule has 0 saturated carbocycles. The van der Waals surface area contributed by atoms with E-state index in [1.54, 1.807) is 0 Å². The molecule has 15 heavy (non-hydrogen) atoms. The lowest BCUT2D eigenvalue weighted by atomic mass is 10.4. The predicted molar refractivity (Wildman–Crippen MR) is 51.6 cm³/mol. The first-order valence-corrected chi connectivity index (χ1v) is 4.32. The largest absolute Gasteiger partial charge is 0.369 e. The highest BCUT2D eigenvalue weighted by atomic mass is 35.5. The molecule has 1 aromatic heterocycles. The first kappa shape index (κ1) is 11.6. The van der Waals surface area contributed by atoms with Crippen LogP contribution in [0, 0.1) is 10.1 Å². The zero-order chi connectivity index (χ0) is 11.6. The number of nitrogens with zero attached hydrogens (tertiary/aromatic N) is 3.